The Hall–Kier alpha value is -3.54. The molecule has 1 amide bonds. The smallest absolute Gasteiger partial charge is 0.270 e. The summed E-state index contributed by atoms with van der Waals surface area (Å²) < 4.78 is 10.7. The molecule has 1 aromatic heterocycles. The first-order valence-corrected chi connectivity index (χ1v) is 9.40. The minimum absolute atomic E-state index is 0.243. The van der Waals surface area contributed by atoms with Crippen LogP contribution in [0.25, 0.3) is 0 Å². The van der Waals surface area contributed by atoms with Crippen LogP contribution in [0.2, 0.25) is 0 Å². The number of nitrogens with one attached hydrogen (secondary N) is 2. The van der Waals surface area contributed by atoms with Gasteiger partial charge in [-0.15, -0.1) is 0 Å². The molecule has 2 aromatic carbocycles. The predicted octanol–water partition coefficient (Wildman–Crippen LogP) is 4.26. The summed E-state index contributed by atoms with van der Waals surface area (Å²) in [7, 11) is 1.62. The van der Waals surface area contributed by atoms with Gasteiger partial charge in [0, 0.05) is 17.6 Å². The lowest BCUT2D eigenvalue weighted by Gasteiger charge is -2.11. The number of benzene rings is 2. The third-order valence-corrected chi connectivity index (χ3v) is 4.37. The minimum Gasteiger partial charge on any atom is -0.497 e. The zero-order valence-electron chi connectivity index (χ0n) is 16.9. The molecule has 6 nitrogen and oxygen atoms in total. The van der Waals surface area contributed by atoms with Crippen molar-refractivity contribution in [2.45, 2.75) is 13.8 Å². The quantitative estimate of drug-likeness (QED) is 0.562. The lowest BCUT2D eigenvalue weighted by atomic mass is 10.1. The molecule has 29 heavy (non-hydrogen) atoms. The van der Waals surface area contributed by atoms with Crippen molar-refractivity contribution in [3.8, 4) is 11.5 Å². The number of anilines is 2. The van der Waals surface area contributed by atoms with Crippen molar-refractivity contribution in [3.05, 3.63) is 77.6 Å². The maximum absolute atomic E-state index is 12.4. The van der Waals surface area contributed by atoms with E-state index in [-0.39, 0.29) is 5.91 Å². The number of methoxy groups -OCH3 is 1. The van der Waals surface area contributed by atoms with Crippen LogP contribution in [-0.4, -0.2) is 31.2 Å². The molecule has 0 unspecified atom stereocenters. The van der Waals surface area contributed by atoms with E-state index < -0.39 is 0 Å². The molecule has 0 bridgehead atoms. The van der Waals surface area contributed by atoms with Gasteiger partial charge in [-0.05, 0) is 61.9 Å². The first kappa shape index (κ1) is 20.2. The van der Waals surface area contributed by atoms with E-state index in [1.54, 1.807) is 19.4 Å². The van der Waals surface area contributed by atoms with Gasteiger partial charge in [-0.25, -0.2) is 0 Å². The zero-order chi connectivity index (χ0) is 20.6. The van der Waals surface area contributed by atoms with Crippen molar-refractivity contribution in [2.24, 2.45) is 0 Å². The Morgan fingerprint density at radius 1 is 1.00 bits per heavy atom. The number of ether oxygens (including phenoxy) is 2. The number of carbonyl (C=O) groups excluding carboxylic acids is 1. The van der Waals surface area contributed by atoms with Crippen molar-refractivity contribution >= 4 is 17.3 Å². The highest BCUT2D eigenvalue weighted by atomic mass is 16.5. The van der Waals surface area contributed by atoms with Gasteiger partial charge in [-0.2, -0.15) is 0 Å². The fraction of sp³-hybridized carbons (Fsp3) is 0.217. The molecule has 0 fully saturated rings. The Balaban J connectivity index is 1.52. The number of aryl methyl sites for hydroxylation is 2. The Bertz CT molecular complexity index is 971. The molecule has 3 aromatic rings. The summed E-state index contributed by atoms with van der Waals surface area (Å²) in [5, 5.41) is 6.16. The normalized spacial score (nSPS) is 10.3. The van der Waals surface area contributed by atoms with Gasteiger partial charge in [-0.3, -0.25) is 9.78 Å². The predicted molar refractivity (Wildman–Crippen MR) is 114 cm³/mol. The molecule has 0 radical (unpaired) electrons. The lowest BCUT2D eigenvalue weighted by Crippen LogP contribution is -2.28. The molecule has 0 saturated heterocycles. The number of carbonyl (C=O) groups is 1. The SMILES string of the molecule is COc1ccc(OCCNC(=O)c2cc(Nc3ccc(C)cc3C)ccn2)cc1. The third kappa shape index (κ3) is 5.72. The Labute approximate surface area is 170 Å². The molecule has 150 valence electrons. The molecule has 3 rings (SSSR count). The maximum Gasteiger partial charge on any atom is 0.270 e. The largest absolute Gasteiger partial charge is 0.497 e. The van der Waals surface area contributed by atoms with Crippen LogP contribution in [-0.2, 0) is 0 Å². The third-order valence-electron chi connectivity index (χ3n) is 4.37. The summed E-state index contributed by atoms with van der Waals surface area (Å²) in [6.45, 7) is 4.84. The topological polar surface area (TPSA) is 72.5 Å². The number of hydrogen-bond acceptors (Lipinski definition) is 5. The van der Waals surface area contributed by atoms with Gasteiger partial charge in [-0.1, -0.05) is 17.7 Å². The van der Waals surface area contributed by atoms with Crippen LogP contribution in [0.1, 0.15) is 21.6 Å². The molecule has 0 saturated carbocycles. The van der Waals surface area contributed by atoms with E-state index >= 15 is 0 Å². The van der Waals surface area contributed by atoms with Crippen molar-refractivity contribution in [1.82, 2.24) is 10.3 Å². The van der Waals surface area contributed by atoms with Crippen LogP contribution in [0.15, 0.2) is 60.8 Å². The van der Waals surface area contributed by atoms with Gasteiger partial charge < -0.3 is 20.1 Å². The highest BCUT2D eigenvalue weighted by Crippen LogP contribution is 2.21. The number of hydrogen-bond donors (Lipinski definition) is 2. The Kier molecular flexibility index (Phi) is 6.68. The monoisotopic (exact) mass is 391 g/mol. The van der Waals surface area contributed by atoms with E-state index in [1.807, 2.05) is 49.4 Å². The second-order valence-corrected chi connectivity index (χ2v) is 6.65. The number of nitrogens with zero attached hydrogens (tertiary/aromatic N) is 1. The van der Waals surface area contributed by atoms with Crippen LogP contribution < -0.4 is 20.1 Å². The molecule has 6 heteroatoms. The number of amides is 1. The zero-order valence-corrected chi connectivity index (χ0v) is 16.9. The summed E-state index contributed by atoms with van der Waals surface area (Å²) in [6, 6.07) is 17.1. The molecule has 0 aliphatic rings. The summed E-state index contributed by atoms with van der Waals surface area (Å²) in [5.74, 6) is 1.25. The van der Waals surface area contributed by atoms with E-state index in [4.69, 9.17) is 9.47 Å². The van der Waals surface area contributed by atoms with Gasteiger partial charge in [0.1, 0.15) is 23.8 Å². The molecular weight excluding hydrogens is 366 g/mol. The standard InChI is InChI=1S/C23H25N3O3/c1-16-4-9-21(17(2)14-16)26-18-10-11-24-22(15-18)23(27)25-12-13-29-20-7-5-19(28-3)6-8-20/h4-11,14-15H,12-13H2,1-3H3,(H,24,26)(H,25,27). The molecule has 0 spiro atoms. The molecular formula is C23H25N3O3. The highest BCUT2D eigenvalue weighted by molar-refractivity contribution is 5.93. The summed E-state index contributed by atoms with van der Waals surface area (Å²) >= 11 is 0. The average molecular weight is 391 g/mol. The van der Waals surface area contributed by atoms with Crippen LogP contribution in [0.4, 0.5) is 11.4 Å². The highest BCUT2D eigenvalue weighted by Gasteiger charge is 2.08. The summed E-state index contributed by atoms with van der Waals surface area (Å²) in [6.07, 6.45) is 1.62. The fourth-order valence-electron chi connectivity index (χ4n) is 2.84. The molecule has 2 N–H and O–H groups in total. The summed E-state index contributed by atoms with van der Waals surface area (Å²) in [5.41, 5.74) is 4.51. The van der Waals surface area contributed by atoms with E-state index in [9.17, 15) is 4.79 Å². The molecule has 1 heterocycles. The van der Waals surface area contributed by atoms with Crippen LogP contribution in [0, 0.1) is 13.8 Å². The van der Waals surface area contributed by atoms with Crippen molar-refractivity contribution < 1.29 is 14.3 Å². The first-order valence-electron chi connectivity index (χ1n) is 9.40. The number of rotatable bonds is 8. The van der Waals surface area contributed by atoms with Crippen molar-refractivity contribution in [3.63, 3.8) is 0 Å². The van der Waals surface area contributed by atoms with E-state index in [0.29, 0.717) is 18.8 Å². The van der Waals surface area contributed by atoms with Gasteiger partial charge in [0.05, 0.1) is 13.7 Å². The molecule has 0 aliphatic carbocycles. The van der Waals surface area contributed by atoms with E-state index in [1.165, 1.54) is 5.56 Å². The number of aromatic nitrogens is 1. The van der Waals surface area contributed by atoms with Gasteiger partial charge in [0.25, 0.3) is 5.91 Å². The van der Waals surface area contributed by atoms with Crippen molar-refractivity contribution in [2.75, 3.05) is 25.6 Å². The first-order chi connectivity index (χ1) is 14.0. The van der Waals surface area contributed by atoms with E-state index in [0.717, 1.165) is 28.4 Å². The van der Waals surface area contributed by atoms with Crippen molar-refractivity contribution in [1.29, 1.82) is 0 Å². The van der Waals surface area contributed by atoms with Gasteiger partial charge in [0.15, 0.2) is 0 Å². The molecule has 0 aliphatic heterocycles. The molecule has 0 atom stereocenters. The van der Waals surface area contributed by atoms with Crippen LogP contribution in [0.3, 0.4) is 0 Å². The van der Waals surface area contributed by atoms with E-state index in [2.05, 4.69) is 28.6 Å². The fourth-order valence-corrected chi connectivity index (χ4v) is 2.84. The van der Waals surface area contributed by atoms with Crippen LogP contribution >= 0.6 is 0 Å². The second-order valence-electron chi connectivity index (χ2n) is 6.65. The average Bonchev–Trinajstić information content (AvgIpc) is 2.74. The van der Waals surface area contributed by atoms with Gasteiger partial charge in [0.2, 0.25) is 0 Å². The van der Waals surface area contributed by atoms with Crippen LogP contribution in [0.5, 0.6) is 11.5 Å². The summed E-state index contributed by atoms with van der Waals surface area (Å²) in [4.78, 5) is 16.5. The maximum atomic E-state index is 12.4. The Morgan fingerprint density at radius 3 is 2.48 bits per heavy atom. The Morgan fingerprint density at radius 2 is 1.76 bits per heavy atom. The second kappa shape index (κ2) is 9.59. The number of pyridine rings is 1. The minimum atomic E-state index is -0.243. The lowest BCUT2D eigenvalue weighted by molar-refractivity contribution is 0.0942. The van der Waals surface area contributed by atoms with Gasteiger partial charge >= 0.3 is 0 Å².